The van der Waals surface area contributed by atoms with Gasteiger partial charge in [-0.2, -0.15) is 13.2 Å². The first-order valence-electron chi connectivity index (χ1n) is 9.13. The predicted molar refractivity (Wildman–Crippen MR) is 103 cm³/mol. The van der Waals surface area contributed by atoms with Gasteiger partial charge in [0.05, 0.1) is 15.5 Å². The van der Waals surface area contributed by atoms with Gasteiger partial charge in [0.1, 0.15) is 5.69 Å². The van der Waals surface area contributed by atoms with Crippen molar-refractivity contribution in [3.8, 4) is 11.5 Å². The molecule has 0 aromatic heterocycles. The first kappa shape index (κ1) is 20.5. The molecule has 2 aromatic rings. The second-order valence-electron chi connectivity index (χ2n) is 7.03. The van der Waals surface area contributed by atoms with Gasteiger partial charge in [-0.25, -0.2) is 0 Å². The molecule has 0 saturated carbocycles. The maximum atomic E-state index is 13.1. The van der Waals surface area contributed by atoms with Gasteiger partial charge in [0.2, 0.25) is 6.79 Å². The lowest BCUT2D eigenvalue weighted by Crippen LogP contribution is -2.46. The van der Waals surface area contributed by atoms with Crippen LogP contribution in [0.5, 0.6) is 11.5 Å². The number of fused-ring (bicyclic) bond motifs is 1. The molecule has 0 spiro atoms. The Morgan fingerprint density at radius 1 is 1.07 bits per heavy atom. The van der Waals surface area contributed by atoms with Crippen LogP contribution in [0, 0.1) is 10.1 Å². The Labute approximate surface area is 174 Å². The van der Waals surface area contributed by atoms with Crippen molar-refractivity contribution in [1.29, 1.82) is 0 Å². The van der Waals surface area contributed by atoms with Crippen LogP contribution >= 0.6 is 11.6 Å². The number of nitro benzene ring substituents is 1. The Bertz CT molecular complexity index is 978. The Hall–Kier alpha value is -2.72. The van der Waals surface area contributed by atoms with E-state index in [2.05, 4.69) is 4.90 Å². The fourth-order valence-electron chi connectivity index (χ4n) is 3.61. The van der Waals surface area contributed by atoms with Gasteiger partial charge in [-0.3, -0.25) is 15.0 Å². The van der Waals surface area contributed by atoms with Crippen molar-refractivity contribution in [2.45, 2.75) is 12.7 Å². The lowest BCUT2D eigenvalue weighted by molar-refractivity contribution is -0.384. The van der Waals surface area contributed by atoms with E-state index in [0.717, 1.165) is 11.6 Å². The lowest BCUT2D eigenvalue weighted by Gasteiger charge is -2.36. The highest BCUT2D eigenvalue weighted by Gasteiger charge is 2.37. The quantitative estimate of drug-likeness (QED) is 0.518. The molecule has 0 unspecified atom stereocenters. The van der Waals surface area contributed by atoms with Gasteiger partial charge >= 0.3 is 6.18 Å². The van der Waals surface area contributed by atoms with E-state index in [9.17, 15) is 23.3 Å². The highest BCUT2D eigenvalue weighted by molar-refractivity contribution is 6.31. The normalized spacial score (nSPS) is 16.7. The molecule has 11 heteroatoms. The van der Waals surface area contributed by atoms with Crippen LogP contribution in [0.4, 0.5) is 24.5 Å². The summed E-state index contributed by atoms with van der Waals surface area (Å²) in [6.45, 7) is 2.88. The molecule has 0 radical (unpaired) electrons. The first-order chi connectivity index (χ1) is 14.2. The highest BCUT2D eigenvalue weighted by atomic mass is 35.5. The molecule has 2 aliphatic rings. The number of hydrogen-bond donors (Lipinski definition) is 0. The number of alkyl halides is 3. The summed E-state index contributed by atoms with van der Waals surface area (Å²) in [5.41, 5.74) is -0.672. The zero-order chi connectivity index (χ0) is 21.5. The van der Waals surface area contributed by atoms with Crippen molar-refractivity contribution in [3.05, 3.63) is 56.6 Å². The molecular weight excluding hydrogens is 427 g/mol. The van der Waals surface area contributed by atoms with E-state index >= 15 is 0 Å². The Morgan fingerprint density at radius 3 is 2.43 bits per heavy atom. The summed E-state index contributed by atoms with van der Waals surface area (Å²) >= 11 is 5.79. The summed E-state index contributed by atoms with van der Waals surface area (Å²) in [6, 6.07) is 7.25. The molecule has 1 fully saturated rings. The number of ether oxygens (including phenoxy) is 2. The minimum atomic E-state index is -4.76. The van der Waals surface area contributed by atoms with Crippen LogP contribution in [0.25, 0.3) is 0 Å². The van der Waals surface area contributed by atoms with Crippen LogP contribution in [0.1, 0.15) is 11.1 Å². The van der Waals surface area contributed by atoms with Crippen molar-refractivity contribution in [1.82, 2.24) is 4.90 Å². The van der Waals surface area contributed by atoms with Crippen molar-refractivity contribution in [2.24, 2.45) is 0 Å². The highest BCUT2D eigenvalue weighted by Crippen LogP contribution is 2.41. The molecule has 1 saturated heterocycles. The summed E-state index contributed by atoms with van der Waals surface area (Å²) in [4.78, 5) is 14.4. The first-order valence-corrected chi connectivity index (χ1v) is 9.51. The van der Waals surface area contributed by atoms with Gasteiger partial charge < -0.3 is 14.4 Å². The molecule has 30 heavy (non-hydrogen) atoms. The second-order valence-corrected chi connectivity index (χ2v) is 7.43. The zero-order valence-electron chi connectivity index (χ0n) is 15.6. The summed E-state index contributed by atoms with van der Waals surface area (Å²) in [6.07, 6.45) is -4.76. The average molecular weight is 444 g/mol. The Balaban J connectivity index is 1.47. The summed E-state index contributed by atoms with van der Waals surface area (Å²) in [7, 11) is 0. The minimum absolute atomic E-state index is 0.0979. The Kier molecular flexibility index (Phi) is 5.37. The molecule has 7 nitrogen and oxygen atoms in total. The monoisotopic (exact) mass is 443 g/mol. The van der Waals surface area contributed by atoms with Gasteiger partial charge in [0.15, 0.2) is 11.5 Å². The van der Waals surface area contributed by atoms with Gasteiger partial charge in [-0.05, 0) is 23.8 Å². The average Bonchev–Trinajstić information content (AvgIpc) is 3.15. The second kappa shape index (κ2) is 7.84. The molecule has 4 rings (SSSR count). The molecule has 2 aliphatic heterocycles. The van der Waals surface area contributed by atoms with Crippen LogP contribution in [-0.4, -0.2) is 42.8 Å². The van der Waals surface area contributed by atoms with Gasteiger partial charge in [0.25, 0.3) is 5.69 Å². The topological polar surface area (TPSA) is 68.1 Å². The molecule has 2 heterocycles. The van der Waals surface area contributed by atoms with Crippen molar-refractivity contribution in [2.75, 3.05) is 37.9 Å². The van der Waals surface area contributed by atoms with E-state index in [1.54, 1.807) is 4.90 Å². The van der Waals surface area contributed by atoms with Gasteiger partial charge in [-0.15, -0.1) is 0 Å². The molecular formula is C19H17ClF3N3O4. The maximum absolute atomic E-state index is 13.1. The third-order valence-corrected chi connectivity index (χ3v) is 5.44. The summed E-state index contributed by atoms with van der Waals surface area (Å²) < 4.78 is 49.9. The van der Waals surface area contributed by atoms with E-state index in [1.807, 2.05) is 18.2 Å². The Morgan fingerprint density at radius 2 is 1.77 bits per heavy atom. The number of rotatable bonds is 4. The largest absolute Gasteiger partial charge is 0.454 e. The zero-order valence-corrected chi connectivity index (χ0v) is 16.4. The van der Waals surface area contributed by atoms with E-state index in [0.29, 0.717) is 50.3 Å². The van der Waals surface area contributed by atoms with E-state index in [1.165, 1.54) is 0 Å². The molecule has 0 bridgehead atoms. The van der Waals surface area contributed by atoms with Crippen molar-refractivity contribution < 1.29 is 27.6 Å². The third-order valence-electron chi connectivity index (χ3n) is 5.12. The van der Waals surface area contributed by atoms with Crippen LogP contribution in [-0.2, 0) is 12.7 Å². The van der Waals surface area contributed by atoms with Crippen LogP contribution in [0.3, 0.4) is 0 Å². The van der Waals surface area contributed by atoms with Crippen LogP contribution < -0.4 is 14.4 Å². The molecule has 0 aliphatic carbocycles. The number of nitrogens with zero attached hydrogens (tertiary/aromatic N) is 3. The SMILES string of the molecule is O=[N+]([O-])c1cc(C(F)(F)F)c(Cl)cc1N1CCN(Cc2ccc3c(c2)OCO3)CC1. The smallest absolute Gasteiger partial charge is 0.418 e. The number of anilines is 1. The summed E-state index contributed by atoms with van der Waals surface area (Å²) in [5.74, 6) is 1.40. The number of halogens is 4. The van der Waals surface area contributed by atoms with Gasteiger partial charge in [0, 0.05) is 38.8 Å². The van der Waals surface area contributed by atoms with Crippen LogP contribution in [0.15, 0.2) is 30.3 Å². The molecule has 0 amide bonds. The maximum Gasteiger partial charge on any atom is 0.418 e. The number of hydrogen-bond acceptors (Lipinski definition) is 6. The van der Waals surface area contributed by atoms with E-state index in [4.69, 9.17) is 21.1 Å². The third kappa shape index (κ3) is 4.10. The van der Waals surface area contributed by atoms with Crippen molar-refractivity contribution >= 4 is 23.0 Å². The molecule has 160 valence electrons. The minimum Gasteiger partial charge on any atom is -0.454 e. The lowest BCUT2D eigenvalue weighted by atomic mass is 10.1. The molecule has 0 atom stereocenters. The van der Waals surface area contributed by atoms with Crippen LogP contribution in [0.2, 0.25) is 5.02 Å². The molecule has 0 N–H and O–H groups in total. The fraction of sp³-hybridized carbons (Fsp3) is 0.368. The molecule has 2 aromatic carbocycles. The van der Waals surface area contributed by atoms with Crippen molar-refractivity contribution in [3.63, 3.8) is 0 Å². The number of piperazine rings is 1. The fourth-order valence-corrected chi connectivity index (χ4v) is 3.88. The predicted octanol–water partition coefficient (Wildman–Crippen LogP) is 4.32. The van der Waals surface area contributed by atoms with E-state index in [-0.39, 0.29) is 12.5 Å². The number of nitro groups is 1. The summed E-state index contributed by atoms with van der Waals surface area (Å²) in [5, 5.41) is 10.8. The number of benzene rings is 2. The van der Waals surface area contributed by atoms with E-state index < -0.39 is 27.4 Å². The van der Waals surface area contributed by atoms with Gasteiger partial charge in [-0.1, -0.05) is 17.7 Å². The standard InChI is InChI=1S/C19H17ClF3N3O4/c20-14-9-15(16(26(27)28)8-13(14)19(21,22)23)25-5-3-24(4-6-25)10-12-1-2-17-18(7-12)30-11-29-17/h1-2,7-9H,3-6,10-11H2.